The van der Waals surface area contributed by atoms with Gasteiger partial charge in [0.2, 0.25) is 0 Å². The highest BCUT2D eigenvalue weighted by atomic mass is 16.5. The molecule has 0 aromatic heterocycles. The molecule has 1 N–H and O–H groups in total. The molecule has 0 spiro atoms. The number of hydrogen-bond acceptors (Lipinski definition) is 2. The lowest BCUT2D eigenvalue weighted by molar-refractivity contribution is -0.0750. The predicted octanol–water partition coefficient (Wildman–Crippen LogP) is 4.98. The molecule has 2 nitrogen and oxygen atoms in total. The molecular formula is C19H32O2. The Kier molecular flexibility index (Phi) is 8.63. The summed E-state index contributed by atoms with van der Waals surface area (Å²) >= 11 is 0. The summed E-state index contributed by atoms with van der Waals surface area (Å²) in [6.07, 6.45) is 4.18. The van der Waals surface area contributed by atoms with Crippen LogP contribution in [-0.2, 0) is 4.74 Å². The fourth-order valence-electron chi connectivity index (χ4n) is 2.63. The maximum absolute atomic E-state index is 10.6. The molecule has 0 aliphatic carbocycles. The molecule has 1 aromatic rings. The van der Waals surface area contributed by atoms with Crippen molar-refractivity contribution in [2.24, 2.45) is 11.8 Å². The van der Waals surface area contributed by atoms with Gasteiger partial charge in [-0.1, -0.05) is 77.3 Å². The second kappa shape index (κ2) is 9.97. The molecule has 0 bridgehead atoms. The van der Waals surface area contributed by atoms with Gasteiger partial charge in [0.15, 0.2) is 0 Å². The van der Waals surface area contributed by atoms with Crippen LogP contribution in [0, 0.1) is 11.8 Å². The Morgan fingerprint density at radius 1 is 1.10 bits per heavy atom. The maximum atomic E-state index is 10.6. The molecule has 0 fully saturated rings. The van der Waals surface area contributed by atoms with Crippen molar-refractivity contribution >= 4 is 0 Å². The highest BCUT2D eigenvalue weighted by molar-refractivity contribution is 5.18. The summed E-state index contributed by atoms with van der Waals surface area (Å²) in [6, 6.07) is 9.84. The quantitative estimate of drug-likeness (QED) is 0.659. The zero-order valence-corrected chi connectivity index (χ0v) is 14.1. The van der Waals surface area contributed by atoms with Crippen LogP contribution < -0.4 is 0 Å². The van der Waals surface area contributed by atoms with Crippen LogP contribution in [0.4, 0.5) is 0 Å². The molecule has 0 heterocycles. The lowest BCUT2D eigenvalue weighted by Gasteiger charge is -2.29. The Balaban J connectivity index is 2.61. The van der Waals surface area contributed by atoms with Crippen LogP contribution in [-0.4, -0.2) is 17.8 Å². The number of unbranched alkanes of at least 4 members (excludes halogenated alkanes) is 1. The fraction of sp³-hybridized carbons (Fsp3) is 0.684. The molecular weight excluding hydrogens is 260 g/mol. The Bertz CT molecular complexity index is 361. The molecule has 1 aromatic carbocycles. The Labute approximate surface area is 130 Å². The van der Waals surface area contributed by atoms with E-state index in [-0.39, 0.29) is 6.10 Å². The van der Waals surface area contributed by atoms with Crippen molar-refractivity contribution in [1.82, 2.24) is 0 Å². The third-order valence-electron chi connectivity index (χ3n) is 4.18. The molecule has 0 radical (unpaired) electrons. The van der Waals surface area contributed by atoms with E-state index in [1.165, 1.54) is 19.3 Å². The van der Waals surface area contributed by atoms with Crippen LogP contribution in [0.1, 0.15) is 65.0 Å². The van der Waals surface area contributed by atoms with E-state index in [2.05, 4.69) is 27.7 Å². The Morgan fingerprint density at radius 3 is 2.29 bits per heavy atom. The van der Waals surface area contributed by atoms with Gasteiger partial charge >= 0.3 is 0 Å². The predicted molar refractivity (Wildman–Crippen MR) is 89.3 cm³/mol. The number of benzene rings is 1. The second-order valence-electron chi connectivity index (χ2n) is 6.31. The van der Waals surface area contributed by atoms with E-state index >= 15 is 0 Å². The van der Waals surface area contributed by atoms with Crippen LogP contribution in [0.25, 0.3) is 0 Å². The number of hydrogen-bond donors (Lipinski definition) is 1. The molecule has 1 rings (SSSR count). The minimum atomic E-state index is -0.546. The van der Waals surface area contributed by atoms with E-state index in [0.29, 0.717) is 11.8 Å². The zero-order chi connectivity index (χ0) is 15.7. The molecule has 21 heavy (non-hydrogen) atoms. The summed E-state index contributed by atoms with van der Waals surface area (Å²) in [5.74, 6) is 0.901. The molecule has 0 saturated carbocycles. The van der Waals surface area contributed by atoms with E-state index in [9.17, 15) is 5.11 Å². The van der Waals surface area contributed by atoms with Crippen molar-refractivity contribution in [2.75, 3.05) is 6.61 Å². The van der Waals surface area contributed by atoms with Gasteiger partial charge in [-0.3, -0.25) is 0 Å². The number of rotatable bonds is 10. The summed E-state index contributed by atoms with van der Waals surface area (Å²) in [4.78, 5) is 0. The van der Waals surface area contributed by atoms with Crippen molar-refractivity contribution in [2.45, 2.75) is 65.6 Å². The van der Waals surface area contributed by atoms with Gasteiger partial charge in [-0.05, 0) is 23.8 Å². The zero-order valence-electron chi connectivity index (χ0n) is 14.1. The summed E-state index contributed by atoms with van der Waals surface area (Å²) in [5.41, 5.74) is 0.942. The standard InChI is InChI=1S/C19H32O2/c1-5-7-11-16(6-2)14-21-19(15(3)4)18(20)17-12-9-8-10-13-17/h8-10,12-13,15-16,18-20H,5-7,11,14H2,1-4H3. The topological polar surface area (TPSA) is 29.5 Å². The summed E-state index contributed by atoms with van der Waals surface area (Å²) in [7, 11) is 0. The first-order chi connectivity index (χ1) is 10.1. The average molecular weight is 292 g/mol. The maximum Gasteiger partial charge on any atom is 0.105 e. The van der Waals surface area contributed by atoms with Crippen LogP contribution in [0.3, 0.4) is 0 Å². The van der Waals surface area contributed by atoms with Gasteiger partial charge in [0.05, 0.1) is 6.10 Å². The molecule has 0 aliphatic rings. The van der Waals surface area contributed by atoms with Crippen molar-refractivity contribution < 1.29 is 9.84 Å². The van der Waals surface area contributed by atoms with E-state index in [1.807, 2.05) is 30.3 Å². The minimum Gasteiger partial charge on any atom is -0.386 e. The second-order valence-corrected chi connectivity index (χ2v) is 6.31. The van der Waals surface area contributed by atoms with Gasteiger partial charge in [-0.15, -0.1) is 0 Å². The number of ether oxygens (including phenoxy) is 1. The normalized spacial score (nSPS) is 15.9. The van der Waals surface area contributed by atoms with Gasteiger partial charge in [0.1, 0.15) is 6.10 Å². The van der Waals surface area contributed by atoms with Crippen LogP contribution in [0.15, 0.2) is 30.3 Å². The smallest absolute Gasteiger partial charge is 0.105 e. The van der Waals surface area contributed by atoms with Crippen LogP contribution in [0.5, 0.6) is 0 Å². The molecule has 2 heteroatoms. The van der Waals surface area contributed by atoms with Gasteiger partial charge in [-0.25, -0.2) is 0 Å². The van der Waals surface area contributed by atoms with E-state index in [4.69, 9.17) is 4.74 Å². The first kappa shape index (κ1) is 18.2. The lowest BCUT2D eigenvalue weighted by Crippen LogP contribution is -2.30. The molecule has 3 unspecified atom stereocenters. The van der Waals surface area contributed by atoms with E-state index in [1.54, 1.807) is 0 Å². The van der Waals surface area contributed by atoms with E-state index in [0.717, 1.165) is 18.6 Å². The Hall–Kier alpha value is -0.860. The third kappa shape index (κ3) is 6.19. The van der Waals surface area contributed by atoms with Gasteiger partial charge in [-0.2, -0.15) is 0 Å². The molecule has 0 saturated heterocycles. The monoisotopic (exact) mass is 292 g/mol. The summed E-state index contributed by atoms with van der Waals surface area (Å²) < 4.78 is 6.12. The third-order valence-corrected chi connectivity index (χ3v) is 4.18. The number of aliphatic hydroxyl groups is 1. The van der Waals surface area contributed by atoms with Crippen molar-refractivity contribution in [1.29, 1.82) is 0 Å². The highest BCUT2D eigenvalue weighted by Crippen LogP contribution is 2.26. The first-order valence-corrected chi connectivity index (χ1v) is 8.44. The van der Waals surface area contributed by atoms with Crippen molar-refractivity contribution in [3.05, 3.63) is 35.9 Å². The molecule has 120 valence electrons. The highest BCUT2D eigenvalue weighted by Gasteiger charge is 2.25. The molecule has 0 aliphatic heterocycles. The summed E-state index contributed by atoms with van der Waals surface area (Å²) in [5, 5.41) is 10.6. The minimum absolute atomic E-state index is 0.136. The van der Waals surface area contributed by atoms with Crippen molar-refractivity contribution in [3.8, 4) is 0 Å². The SMILES string of the molecule is CCCCC(CC)COC(C(C)C)C(O)c1ccccc1. The first-order valence-electron chi connectivity index (χ1n) is 8.44. The number of aliphatic hydroxyl groups excluding tert-OH is 1. The van der Waals surface area contributed by atoms with Gasteiger partial charge < -0.3 is 9.84 Å². The fourth-order valence-corrected chi connectivity index (χ4v) is 2.63. The van der Waals surface area contributed by atoms with Gasteiger partial charge in [0, 0.05) is 6.61 Å². The largest absolute Gasteiger partial charge is 0.386 e. The van der Waals surface area contributed by atoms with E-state index < -0.39 is 6.10 Å². The summed E-state index contributed by atoms with van der Waals surface area (Å²) in [6.45, 7) is 9.43. The molecule has 3 atom stereocenters. The lowest BCUT2D eigenvalue weighted by atomic mass is 9.95. The van der Waals surface area contributed by atoms with Gasteiger partial charge in [0.25, 0.3) is 0 Å². The Morgan fingerprint density at radius 2 is 1.76 bits per heavy atom. The van der Waals surface area contributed by atoms with Crippen LogP contribution >= 0.6 is 0 Å². The molecule has 0 amide bonds. The van der Waals surface area contributed by atoms with Crippen molar-refractivity contribution in [3.63, 3.8) is 0 Å². The average Bonchev–Trinajstić information content (AvgIpc) is 2.50. The van der Waals surface area contributed by atoms with Crippen LogP contribution in [0.2, 0.25) is 0 Å².